The number of hydrogen-bond donors (Lipinski definition) is 1. The van der Waals surface area contributed by atoms with Crippen LogP contribution in [0.25, 0.3) is 22.0 Å². The molecule has 1 aromatic heterocycles. The van der Waals surface area contributed by atoms with Crippen LogP contribution in [0.1, 0.15) is 46.8 Å². The van der Waals surface area contributed by atoms with Crippen molar-refractivity contribution in [1.82, 2.24) is 9.88 Å². The number of anilines is 1. The van der Waals surface area contributed by atoms with E-state index in [1.807, 2.05) is 49.5 Å². The number of nitrogens with zero attached hydrogens (tertiary/aromatic N) is 2. The van der Waals surface area contributed by atoms with Crippen LogP contribution in [0.5, 0.6) is 0 Å². The van der Waals surface area contributed by atoms with Gasteiger partial charge in [0.25, 0.3) is 5.91 Å². The molecule has 3 aromatic carbocycles. The van der Waals surface area contributed by atoms with Crippen molar-refractivity contribution in [3.05, 3.63) is 94.9 Å². The van der Waals surface area contributed by atoms with Gasteiger partial charge in [-0.1, -0.05) is 43.3 Å². The SMILES string of the molecule is CCc1ccc(-c2ccc(C(=O)Nc3ccc4cc(CN5CCCC5)cnc4c3C)c(F)c2)cc1. The van der Waals surface area contributed by atoms with Crippen LogP contribution in [0.2, 0.25) is 0 Å². The number of hydrogen-bond acceptors (Lipinski definition) is 3. The maximum atomic E-state index is 14.9. The number of pyridine rings is 1. The molecule has 1 amide bonds. The molecular weight excluding hydrogens is 437 g/mol. The fraction of sp³-hybridized carbons (Fsp3) is 0.267. The van der Waals surface area contributed by atoms with E-state index in [1.54, 1.807) is 12.1 Å². The Labute approximate surface area is 205 Å². The number of halogens is 1. The van der Waals surface area contributed by atoms with Crippen molar-refractivity contribution in [1.29, 1.82) is 0 Å². The highest BCUT2D eigenvalue weighted by atomic mass is 19.1. The smallest absolute Gasteiger partial charge is 0.258 e. The van der Waals surface area contributed by atoms with E-state index in [0.29, 0.717) is 5.69 Å². The lowest BCUT2D eigenvalue weighted by Gasteiger charge is -2.15. The minimum absolute atomic E-state index is 0.0207. The number of aromatic nitrogens is 1. The first-order chi connectivity index (χ1) is 17.0. The molecule has 2 heterocycles. The van der Waals surface area contributed by atoms with Gasteiger partial charge in [0.1, 0.15) is 5.82 Å². The number of likely N-dealkylation sites (tertiary alicyclic amines) is 1. The zero-order valence-electron chi connectivity index (χ0n) is 20.3. The Balaban J connectivity index is 1.34. The van der Waals surface area contributed by atoms with Gasteiger partial charge in [0.15, 0.2) is 0 Å². The van der Waals surface area contributed by atoms with E-state index in [4.69, 9.17) is 0 Å². The minimum Gasteiger partial charge on any atom is -0.322 e. The third-order valence-corrected chi connectivity index (χ3v) is 6.92. The molecular formula is C30H30FN3O. The molecule has 0 atom stereocenters. The van der Waals surface area contributed by atoms with Crippen LogP contribution in [0.15, 0.2) is 66.9 Å². The topological polar surface area (TPSA) is 45.2 Å². The van der Waals surface area contributed by atoms with Gasteiger partial charge in [-0.15, -0.1) is 0 Å². The number of nitrogens with one attached hydrogen (secondary N) is 1. The molecule has 1 aliphatic rings. The molecule has 178 valence electrons. The second kappa shape index (κ2) is 9.96. The van der Waals surface area contributed by atoms with Crippen molar-refractivity contribution in [2.24, 2.45) is 0 Å². The molecule has 0 bridgehead atoms. The summed E-state index contributed by atoms with van der Waals surface area (Å²) in [4.78, 5) is 20.1. The summed E-state index contributed by atoms with van der Waals surface area (Å²) in [6.07, 6.45) is 5.40. The molecule has 0 spiro atoms. The summed E-state index contributed by atoms with van der Waals surface area (Å²) in [7, 11) is 0. The number of amides is 1. The Morgan fingerprint density at radius 3 is 2.43 bits per heavy atom. The third-order valence-electron chi connectivity index (χ3n) is 6.92. The van der Waals surface area contributed by atoms with Gasteiger partial charge in [-0.2, -0.15) is 0 Å². The average molecular weight is 468 g/mol. The van der Waals surface area contributed by atoms with Gasteiger partial charge in [-0.05, 0) is 91.4 Å². The highest BCUT2D eigenvalue weighted by Gasteiger charge is 2.16. The van der Waals surface area contributed by atoms with Crippen LogP contribution in [-0.2, 0) is 13.0 Å². The van der Waals surface area contributed by atoms with Crippen LogP contribution in [0.4, 0.5) is 10.1 Å². The number of benzene rings is 3. The van der Waals surface area contributed by atoms with Crippen molar-refractivity contribution < 1.29 is 9.18 Å². The van der Waals surface area contributed by atoms with E-state index in [0.717, 1.165) is 53.6 Å². The summed E-state index contributed by atoms with van der Waals surface area (Å²) in [6.45, 7) is 7.24. The summed E-state index contributed by atoms with van der Waals surface area (Å²) in [5, 5.41) is 3.92. The predicted octanol–water partition coefficient (Wildman–Crippen LogP) is 6.76. The van der Waals surface area contributed by atoms with Crippen molar-refractivity contribution >= 4 is 22.5 Å². The molecule has 4 nitrogen and oxygen atoms in total. The lowest BCUT2D eigenvalue weighted by atomic mass is 10.0. The quantitative estimate of drug-likeness (QED) is 0.341. The zero-order valence-corrected chi connectivity index (χ0v) is 20.3. The van der Waals surface area contributed by atoms with Gasteiger partial charge in [0, 0.05) is 23.8 Å². The summed E-state index contributed by atoms with van der Waals surface area (Å²) in [5.41, 5.74) is 6.48. The van der Waals surface area contributed by atoms with Crippen molar-refractivity contribution in [3.8, 4) is 11.1 Å². The van der Waals surface area contributed by atoms with E-state index >= 15 is 0 Å². The van der Waals surface area contributed by atoms with Crippen LogP contribution in [0.3, 0.4) is 0 Å². The minimum atomic E-state index is -0.539. The van der Waals surface area contributed by atoms with Crippen LogP contribution in [0, 0.1) is 12.7 Å². The van der Waals surface area contributed by atoms with E-state index in [9.17, 15) is 9.18 Å². The standard InChI is InChI=1S/C30H30FN3O/c1-3-21-6-8-23(9-7-21)24-10-12-26(27(31)17-24)30(35)33-28-13-11-25-16-22(18-32-29(25)20(28)2)19-34-14-4-5-15-34/h6-13,16-18H,3-5,14-15,19H2,1-2H3,(H,33,35). The van der Waals surface area contributed by atoms with Crippen LogP contribution >= 0.6 is 0 Å². The maximum absolute atomic E-state index is 14.9. The molecule has 0 unspecified atom stereocenters. The van der Waals surface area contributed by atoms with Gasteiger partial charge in [-0.3, -0.25) is 14.7 Å². The third kappa shape index (κ3) is 4.96. The monoisotopic (exact) mass is 467 g/mol. The number of carbonyl (C=O) groups is 1. The largest absolute Gasteiger partial charge is 0.322 e. The Morgan fingerprint density at radius 1 is 0.971 bits per heavy atom. The Kier molecular flexibility index (Phi) is 6.60. The fourth-order valence-electron chi connectivity index (χ4n) is 4.82. The highest BCUT2D eigenvalue weighted by molar-refractivity contribution is 6.06. The van der Waals surface area contributed by atoms with E-state index in [2.05, 4.69) is 28.2 Å². The predicted molar refractivity (Wildman–Crippen MR) is 140 cm³/mol. The average Bonchev–Trinajstić information content (AvgIpc) is 3.38. The summed E-state index contributed by atoms with van der Waals surface area (Å²) in [5.74, 6) is -1.01. The molecule has 0 aliphatic carbocycles. The molecule has 1 fully saturated rings. The van der Waals surface area contributed by atoms with E-state index in [1.165, 1.54) is 30.0 Å². The summed E-state index contributed by atoms with van der Waals surface area (Å²) >= 11 is 0. The second-order valence-electron chi connectivity index (χ2n) is 9.34. The van der Waals surface area contributed by atoms with Crippen molar-refractivity contribution in [2.45, 2.75) is 39.7 Å². The first kappa shape index (κ1) is 23.2. The molecule has 4 aromatic rings. The number of carbonyl (C=O) groups excluding carboxylic acids is 1. The van der Waals surface area contributed by atoms with Gasteiger partial charge >= 0.3 is 0 Å². The van der Waals surface area contributed by atoms with Gasteiger partial charge < -0.3 is 5.32 Å². The Morgan fingerprint density at radius 2 is 1.71 bits per heavy atom. The van der Waals surface area contributed by atoms with E-state index < -0.39 is 11.7 Å². The van der Waals surface area contributed by atoms with Gasteiger partial charge in [0.2, 0.25) is 0 Å². The first-order valence-electron chi connectivity index (χ1n) is 12.3. The van der Waals surface area contributed by atoms with Gasteiger partial charge in [-0.25, -0.2) is 4.39 Å². The fourth-order valence-corrected chi connectivity index (χ4v) is 4.82. The second-order valence-corrected chi connectivity index (χ2v) is 9.34. The molecule has 1 aliphatic heterocycles. The van der Waals surface area contributed by atoms with Crippen molar-refractivity contribution in [3.63, 3.8) is 0 Å². The molecule has 35 heavy (non-hydrogen) atoms. The van der Waals surface area contributed by atoms with Gasteiger partial charge in [0.05, 0.1) is 11.1 Å². The molecule has 0 saturated carbocycles. The highest BCUT2D eigenvalue weighted by Crippen LogP contribution is 2.27. The molecule has 1 N–H and O–H groups in total. The van der Waals surface area contributed by atoms with Crippen LogP contribution in [-0.4, -0.2) is 28.9 Å². The maximum Gasteiger partial charge on any atom is 0.258 e. The zero-order chi connectivity index (χ0) is 24.4. The molecule has 0 radical (unpaired) electrons. The number of rotatable bonds is 6. The number of aryl methyl sites for hydroxylation is 2. The van der Waals surface area contributed by atoms with Crippen molar-refractivity contribution in [2.75, 3.05) is 18.4 Å². The first-order valence-corrected chi connectivity index (χ1v) is 12.3. The lowest BCUT2D eigenvalue weighted by Crippen LogP contribution is -2.18. The summed E-state index contributed by atoms with van der Waals surface area (Å²) < 4.78 is 14.9. The Bertz CT molecular complexity index is 1370. The van der Waals surface area contributed by atoms with Crippen LogP contribution < -0.4 is 5.32 Å². The molecule has 1 saturated heterocycles. The Hall–Kier alpha value is -3.57. The molecule has 5 heteroatoms. The lowest BCUT2D eigenvalue weighted by molar-refractivity contribution is 0.102. The number of fused-ring (bicyclic) bond motifs is 1. The molecule has 5 rings (SSSR count). The normalized spacial score (nSPS) is 13.9. The summed E-state index contributed by atoms with van der Waals surface area (Å²) in [6, 6.07) is 18.8. The van der Waals surface area contributed by atoms with E-state index in [-0.39, 0.29) is 5.56 Å².